The van der Waals surface area contributed by atoms with E-state index in [1.54, 1.807) is 5.51 Å². The SMILES string of the molecule is CC(C)NC(=O)c1c(N)nsc1NCc1cscn1. The lowest BCUT2D eigenvalue weighted by atomic mass is 10.2. The molecule has 0 atom stereocenters. The van der Waals surface area contributed by atoms with Gasteiger partial charge in [-0.3, -0.25) is 4.79 Å². The van der Waals surface area contributed by atoms with Gasteiger partial charge in [0.15, 0.2) is 5.82 Å². The van der Waals surface area contributed by atoms with E-state index in [2.05, 4.69) is 20.0 Å². The number of nitrogens with two attached hydrogens (primary N) is 1. The van der Waals surface area contributed by atoms with E-state index in [4.69, 9.17) is 5.73 Å². The molecule has 0 spiro atoms. The molecule has 102 valence electrons. The predicted octanol–water partition coefficient (Wildman–Crippen LogP) is 1.93. The van der Waals surface area contributed by atoms with Crippen molar-refractivity contribution in [2.75, 3.05) is 11.1 Å². The van der Waals surface area contributed by atoms with Crippen LogP contribution >= 0.6 is 22.9 Å². The third-order valence-corrected chi connectivity index (χ3v) is 3.73. The maximum atomic E-state index is 12.0. The van der Waals surface area contributed by atoms with Crippen LogP contribution in [0.25, 0.3) is 0 Å². The molecule has 0 radical (unpaired) electrons. The highest BCUT2D eigenvalue weighted by Crippen LogP contribution is 2.27. The molecule has 0 aliphatic carbocycles. The minimum Gasteiger partial charge on any atom is -0.382 e. The van der Waals surface area contributed by atoms with Crippen molar-refractivity contribution in [3.05, 3.63) is 22.1 Å². The zero-order valence-corrected chi connectivity index (χ0v) is 12.3. The molecule has 0 saturated heterocycles. The molecule has 0 aliphatic rings. The van der Waals surface area contributed by atoms with Gasteiger partial charge in [0, 0.05) is 11.4 Å². The first-order valence-corrected chi connectivity index (χ1v) is 7.46. The minimum atomic E-state index is -0.206. The van der Waals surface area contributed by atoms with E-state index in [0.29, 0.717) is 17.1 Å². The summed E-state index contributed by atoms with van der Waals surface area (Å²) in [7, 11) is 0. The van der Waals surface area contributed by atoms with Gasteiger partial charge in [-0.05, 0) is 25.4 Å². The van der Waals surface area contributed by atoms with Crippen LogP contribution in [0.1, 0.15) is 29.9 Å². The molecular weight excluding hydrogens is 282 g/mol. The second-order valence-corrected chi connectivity index (χ2v) is 5.73. The Morgan fingerprint density at radius 3 is 2.95 bits per heavy atom. The molecule has 0 bridgehead atoms. The minimum absolute atomic E-state index is 0.0539. The van der Waals surface area contributed by atoms with Crippen molar-refractivity contribution in [1.82, 2.24) is 14.7 Å². The molecule has 0 aliphatic heterocycles. The van der Waals surface area contributed by atoms with Crippen molar-refractivity contribution >= 4 is 39.6 Å². The summed E-state index contributed by atoms with van der Waals surface area (Å²) in [5, 5.41) is 8.58. The second kappa shape index (κ2) is 5.98. The molecule has 1 amide bonds. The van der Waals surface area contributed by atoms with Gasteiger partial charge in [0.05, 0.1) is 17.7 Å². The summed E-state index contributed by atoms with van der Waals surface area (Å²) in [6.45, 7) is 4.35. The van der Waals surface area contributed by atoms with E-state index in [0.717, 1.165) is 5.69 Å². The zero-order valence-electron chi connectivity index (χ0n) is 10.6. The maximum absolute atomic E-state index is 12.0. The number of hydrogen-bond donors (Lipinski definition) is 3. The summed E-state index contributed by atoms with van der Waals surface area (Å²) in [4.78, 5) is 16.2. The Morgan fingerprint density at radius 1 is 1.53 bits per heavy atom. The van der Waals surface area contributed by atoms with Crippen molar-refractivity contribution in [1.29, 1.82) is 0 Å². The van der Waals surface area contributed by atoms with Crippen LogP contribution in [0, 0.1) is 0 Å². The Hall–Kier alpha value is -1.67. The monoisotopic (exact) mass is 297 g/mol. The van der Waals surface area contributed by atoms with Crippen LogP contribution in [0.2, 0.25) is 0 Å². The Kier molecular flexibility index (Phi) is 4.33. The van der Waals surface area contributed by atoms with Gasteiger partial charge >= 0.3 is 0 Å². The van der Waals surface area contributed by atoms with Gasteiger partial charge in [-0.15, -0.1) is 11.3 Å². The molecule has 2 rings (SSSR count). The third-order valence-electron chi connectivity index (χ3n) is 2.28. The number of hydrogen-bond acceptors (Lipinski definition) is 7. The molecule has 2 heterocycles. The number of aromatic nitrogens is 2. The second-order valence-electron chi connectivity index (χ2n) is 4.23. The van der Waals surface area contributed by atoms with Crippen molar-refractivity contribution < 1.29 is 4.79 Å². The van der Waals surface area contributed by atoms with Gasteiger partial charge in [0.1, 0.15) is 10.6 Å². The van der Waals surface area contributed by atoms with E-state index < -0.39 is 0 Å². The largest absolute Gasteiger partial charge is 0.382 e. The standard InChI is InChI=1S/C11H15N5OS2/c1-6(2)15-10(17)8-9(12)16-19-11(8)13-3-7-4-18-5-14-7/h4-6,13H,3H2,1-2H3,(H2,12,16)(H,15,17). The summed E-state index contributed by atoms with van der Waals surface area (Å²) in [6, 6.07) is 0.0539. The van der Waals surface area contributed by atoms with Crippen molar-refractivity contribution in [2.45, 2.75) is 26.4 Å². The normalized spacial score (nSPS) is 10.7. The number of carbonyl (C=O) groups is 1. The molecule has 0 aromatic carbocycles. The van der Waals surface area contributed by atoms with Gasteiger partial charge < -0.3 is 16.4 Å². The van der Waals surface area contributed by atoms with Gasteiger partial charge in [0.2, 0.25) is 0 Å². The number of rotatable bonds is 5. The van der Waals surface area contributed by atoms with Crippen LogP contribution < -0.4 is 16.4 Å². The fourth-order valence-corrected chi connectivity index (χ4v) is 2.74. The number of nitrogens with zero attached hydrogens (tertiary/aromatic N) is 2. The van der Waals surface area contributed by atoms with Gasteiger partial charge in [-0.1, -0.05) is 0 Å². The highest BCUT2D eigenvalue weighted by molar-refractivity contribution is 7.11. The molecule has 8 heteroatoms. The van der Waals surface area contributed by atoms with E-state index in [9.17, 15) is 4.79 Å². The Bertz CT molecular complexity index is 549. The van der Waals surface area contributed by atoms with Crippen molar-refractivity contribution in [3.63, 3.8) is 0 Å². The first-order valence-electron chi connectivity index (χ1n) is 5.75. The van der Waals surface area contributed by atoms with Crippen LogP contribution in [0.4, 0.5) is 10.8 Å². The zero-order chi connectivity index (χ0) is 13.8. The number of nitrogen functional groups attached to an aromatic ring is 1. The van der Waals surface area contributed by atoms with Crippen LogP contribution in [0.5, 0.6) is 0 Å². The predicted molar refractivity (Wildman–Crippen MR) is 78.6 cm³/mol. The van der Waals surface area contributed by atoms with Crippen LogP contribution in [-0.4, -0.2) is 21.3 Å². The highest BCUT2D eigenvalue weighted by Gasteiger charge is 2.19. The molecule has 6 nitrogen and oxygen atoms in total. The lowest BCUT2D eigenvalue weighted by Gasteiger charge is -2.09. The fraction of sp³-hybridized carbons (Fsp3) is 0.364. The van der Waals surface area contributed by atoms with Crippen LogP contribution in [-0.2, 0) is 6.54 Å². The Morgan fingerprint density at radius 2 is 2.32 bits per heavy atom. The molecule has 0 unspecified atom stereocenters. The molecule has 0 saturated carbocycles. The van der Waals surface area contributed by atoms with Gasteiger partial charge in [0.25, 0.3) is 5.91 Å². The smallest absolute Gasteiger partial charge is 0.258 e. The quantitative estimate of drug-likeness (QED) is 0.784. The third kappa shape index (κ3) is 3.42. The van der Waals surface area contributed by atoms with E-state index >= 15 is 0 Å². The molecular formula is C11H15N5OS2. The van der Waals surface area contributed by atoms with Gasteiger partial charge in [-0.25, -0.2) is 4.98 Å². The van der Waals surface area contributed by atoms with Crippen molar-refractivity contribution in [3.8, 4) is 0 Å². The average molecular weight is 297 g/mol. The Balaban J connectivity index is 2.10. The average Bonchev–Trinajstić information content (AvgIpc) is 2.94. The van der Waals surface area contributed by atoms with Crippen LogP contribution in [0.15, 0.2) is 10.9 Å². The van der Waals surface area contributed by atoms with E-state index in [1.807, 2.05) is 19.2 Å². The number of thiazole rings is 1. The number of nitrogens with one attached hydrogen (secondary N) is 2. The summed E-state index contributed by atoms with van der Waals surface area (Å²) < 4.78 is 4.02. The number of amides is 1. The lowest BCUT2D eigenvalue weighted by molar-refractivity contribution is 0.0945. The molecule has 2 aromatic rings. The summed E-state index contributed by atoms with van der Waals surface area (Å²) >= 11 is 2.71. The fourth-order valence-electron chi connectivity index (χ4n) is 1.47. The summed E-state index contributed by atoms with van der Waals surface area (Å²) in [5.41, 5.74) is 8.85. The molecule has 2 aromatic heterocycles. The highest BCUT2D eigenvalue weighted by atomic mass is 32.1. The first-order chi connectivity index (χ1) is 9.08. The molecule has 0 fully saturated rings. The van der Waals surface area contributed by atoms with Crippen molar-refractivity contribution in [2.24, 2.45) is 0 Å². The lowest BCUT2D eigenvalue weighted by Crippen LogP contribution is -2.30. The van der Waals surface area contributed by atoms with Crippen LogP contribution in [0.3, 0.4) is 0 Å². The molecule has 4 N–H and O–H groups in total. The summed E-state index contributed by atoms with van der Waals surface area (Å²) in [5.74, 6) is 0.0472. The van der Waals surface area contributed by atoms with Gasteiger partial charge in [-0.2, -0.15) is 4.37 Å². The van der Waals surface area contributed by atoms with E-state index in [-0.39, 0.29) is 17.8 Å². The number of anilines is 2. The number of carbonyl (C=O) groups excluding carboxylic acids is 1. The summed E-state index contributed by atoms with van der Waals surface area (Å²) in [6.07, 6.45) is 0. The first kappa shape index (κ1) is 13.8. The molecule has 19 heavy (non-hydrogen) atoms. The maximum Gasteiger partial charge on any atom is 0.258 e. The van der Waals surface area contributed by atoms with E-state index in [1.165, 1.54) is 22.9 Å². The topological polar surface area (TPSA) is 92.9 Å². The Labute approximate surface area is 119 Å².